The van der Waals surface area contributed by atoms with Gasteiger partial charge in [-0.05, 0) is 6.92 Å². The number of carbonyl (C=O) groups is 1. The number of hydrogen-bond acceptors (Lipinski definition) is 2. The van der Waals surface area contributed by atoms with E-state index in [2.05, 4.69) is 18.2 Å². The molecule has 52 valence electrons. The van der Waals surface area contributed by atoms with Gasteiger partial charge in [0.1, 0.15) is 0 Å². The fourth-order valence-electron chi connectivity index (χ4n) is 0.288. The molecule has 0 saturated heterocycles. The van der Waals surface area contributed by atoms with Crippen LogP contribution in [-0.4, -0.2) is 12.6 Å². The minimum Gasteiger partial charge on any atom is -0.465 e. The first kappa shape index (κ1) is 13.4. The van der Waals surface area contributed by atoms with Crippen LogP contribution in [0.5, 0.6) is 0 Å². The van der Waals surface area contributed by atoms with Gasteiger partial charge in [0.25, 0.3) is 0 Å². The maximum atomic E-state index is 10.6. The molecule has 0 aromatic heterocycles. The molecule has 0 saturated carbocycles. The Hall–Kier alpha value is 0.846. The molecular weight excluding hydrogens is 155 g/mol. The standard InChI is InChI=1S/C7H11O2.K/c1-4-5-9-7(8)6(2)3;/h1-2,4-5H2,3H3;/q-1;+1. The second-order valence-corrected chi connectivity index (χ2v) is 1.77. The molecule has 0 spiro atoms. The van der Waals surface area contributed by atoms with Crippen molar-refractivity contribution in [1.29, 1.82) is 0 Å². The van der Waals surface area contributed by atoms with Gasteiger partial charge in [0.15, 0.2) is 0 Å². The Morgan fingerprint density at radius 2 is 2.20 bits per heavy atom. The molecule has 0 bridgehead atoms. The summed E-state index contributed by atoms with van der Waals surface area (Å²) < 4.78 is 4.65. The molecule has 0 heterocycles. The van der Waals surface area contributed by atoms with E-state index in [1.54, 1.807) is 6.92 Å². The van der Waals surface area contributed by atoms with Gasteiger partial charge >= 0.3 is 57.4 Å². The van der Waals surface area contributed by atoms with E-state index in [0.717, 1.165) is 0 Å². The average Bonchev–Trinajstić information content (AvgIpc) is 1.82. The molecule has 0 amide bonds. The summed E-state index contributed by atoms with van der Waals surface area (Å²) in [5.74, 6) is -0.335. The van der Waals surface area contributed by atoms with Crippen molar-refractivity contribution in [3.8, 4) is 0 Å². The summed E-state index contributed by atoms with van der Waals surface area (Å²) >= 11 is 0. The number of rotatable bonds is 3. The van der Waals surface area contributed by atoms with E-state index >= 15 is 0 Å². The Kier molecular flexibility index (Phi) is 10.7. The molecule has 0 fully saturated rings. The van der Waals surface area contributed by atoms with Crippen LogP contribution < -0.4 is 51.4 Å². The first-order valence-corrected chi connectivity index (χ1v) is 2.80. The van der Waals surface area contributed by atoms with Crippen LogP contribution in [0.15, 0.2) is 12.2 Å². The molecule has 0 aliphatic carbocycles. The van der Waals surface area contributed by atoms with E-state index in [1.165, 1.54) is 0 Å². The molecule has 0 aliphatic heterocycles. The Morgan fingerprint density at radius 1 is 1.70 bits per heavy atom. The van der Waals surface area contributed by atoms with Gasteiger partial charge in [-0.2, -0.15) is 0 Å². The largest absolute Gasteiger partial charge is 1.00 e. The quantitative estimate of drug-likeness (QED) is 0.217. The van der Waals surface area contributed by atoms with Gasteiger partial charge < -0.3 is 11.7 Å². The number of esters is 1. The summed E-state index contributed by atoms with van der Waals surface area (Å²) in [6.07, 6.45) is 0.610. The van der Waals surface area contributed by atoms with E-state index < -0.39 is 0 Å². The molecule has 10 heavy (non-hydrogen) atoms. The molecule has 0 atom stereocenters. The van der Waals surface area contributed by atoms with Gasteiger partial charge in [-0.15, -0.1) is 6.42 Å². The SMILES string of the molecule is C=C(C)C(=O)OCC[CH2-].[K+]. The third-order valence-electron chi connectivity index (χ3n) is 0.726. The molecule has 2 nitrogen and oxygen atoms in total. The van der Waals surface area contributed by atoms with Crippen molar-refractivity contribution < 1.29 is 60.9 Å². The zero-order valence-electron chi connectivity index (χ0n) is 6.64. The van der Waals surface area contributed by atoms with E-state index in [4.69, 9.17) is 0 Å². The summed E-state index contributed by atoms with van der Waals surface area (Å²) in [6.45, 7) is 8.92. The normalized spacial score (nSPS) is 7.80. The van der Waals surface area contributed by atoms with Crippen LogP contribution in [0.1, 0.15) is 13.3 Å². The first-order chi connectivity index (χ1) is 4.18. The Morgan fingerprint density at radius 3 is 2.50 bits per heavy atom. The maximum absolute atomic E-state index is 10.6. The summed E-state index contributed by atoms with van der Waals surface area (Å²) in [5.41, 5.74) is 0.434. The van der Waals surface area contributed by atoms with Crippen LogP contribution in [-0.2, 0) is 9.53 Å². The molecule has 0 rings (SSSR count). The van der Waals surface area contributed by atoms with Crippen molar-refractivity contribution >= 4 is 5.97 Å². The van der Waals surface area contributed by atoms with Crippen molar-refractivity contribution in [3.05, 3.63) is 19.1 Å². The summed E-state index contributed by atoms with van der Waals surface area (Å²) in [6, 6.07) is 0. The fourth-order valence-corrected chi connectivity index (χ4v) is 0.288. The minimum absolute atomic E-state index is 0. The van der Waals surface area contributed by atoms with Gasteiger partial charge in [-0.3, -0.25) is 0 Å². The summed E-state index contributed by atoms with van der Waals surface area (Å²) in [5, 5.41) is 0. The second kappa shape index (κ2) is 7.95. The smallest absolute Gasteiger partial charge is 0.465 e. The van der Waals surface area contributed by atoms with E-state index in [-0.39, 0.29) is 57.4 Å². The van der Waals surface area contributed by atoms with Gasteiger partial charge in [-0.1, -0.05) is 6.58 Å². The zero-order chi connectivity index (χ0) is 7.28. The van der Waals surface area contributed by atoms with Crippen molar-refractivity contribution in [3.63, 3.8) is 0 Å². The monoisotopic (exact) mass is 166 g/mol. The average molecular weight is 166 g/mol. The van der Waals surface area contributed by atoms with Gasteiger partial charge in [0, 0.05) is 5.57 Å². The molecule has 0 aromatic rings. The topological polar surface area (TPSA) is 26.3 Å². The van der Waals surface area contributed by atoms with Gasteiger partial charge in [0.05, 0.1) is 6.61 Å². The van der Waals surface area contributed by atoms with Crippen LogP contribution in [0.3, 0.4) is 0 Å². The predicted octanol–water partition coefficient (Wildman–Crippen LogP) is -1.67. The zero-order valence-corrected chi connectivity index (χ0v) is 9.77. The van der Waals surface area contributed by atoms with E-state index in [1.807, 2.05) is 0 Å². The van der Waals surface area contributed by atoms with Crippen LogP contribution in [0, 0.1) is 6.92 Å². The first-order valence-electron chi connectivity index (χ1n) is 2.80. The van der Waals surface area contributed by atoms with Crippen molar-refractivity contribution in [2.45, 2.75) is 13.3 Å². The number of carbonyl (C=O) groups excluding carboxylic acids is 1. The molecule has 0 aliphatic rings. The van der Waals surface area contributed by atoms with Crippen LogP contribution in [0.4, 0.5) is 0 Å². The third-order valence-corrected chi connectivity index (χ3v) is 0.726. The summed E-state index contributed by atoms with van der Waals surface area (Å²) in [7, 11) is 0. The number of ether oxygens (including phenoxy) is 1. The van der Waals surface area contributed by atoms with Crippen LogP contribution in [0.25, 0.3) is 0 Å². The van der Waals surface area contributed by atoms with E-state index in [9.17, 15) is 4.79 Å². The molecule has 0 radical (unpaired) electrons. The Balaban J connectivity index is 0. The van der Waals surface area contributed by atoms with E-state index in [0.29, 0.717) is 18.6 Å². The molecule has 3 heteroatoms. The van der Waals surface area contributed by atoms with Gasteiger partial charge in [-0.25, -0.2) is 4.79 Å². The minimum atomic E-state index is -0.335. The molecule has 0 unspecified atom stereocenters. The van der Waals surface area contributed by atoms with Crippen LogP contribution in [0.2, 0.25) is 0 Å². The molecular formula is C7H11KO2. The Bertz CT molecular complexity index is 121. The molecule has 0 N–H and O–H groups in total. The second-order valence-electron chi connectivity index (χ2n) is 1.77. The summed E-state index contributed by atoms with van der Waals surface area (Å²) in [4.78, 5) is 10.6. The Labute approximate surface area is 104 Å². The predicted molar refractivity (Wildman–Crippen MR) is 35.7 cm³/mol. The number of hydrogen-bond donors (Lipinski definition) is 0. The van der Waals surface area contributed by atoms with Crippen molar-refractivity contribution in [2.75, 3.05) is 6.61 Å². The third kappa shape index (κ3) is 6.96. The van der Waals surface area contributed by atoms with Crippen molar-refractivity contribution in [1.82, 2.24) is 0 Å². The van der Waals surface area contributed by atoms with Crippen LogP contribution >= 0.6 is 0 Å². The fraction of sp³-hybridized carbons (Fsp3) is 0.429. The maximum Gasteiger partial charge on any atom is 1.00 e. The van der Waals surface area contributed by atoms with Gasteiger partial charge in [0.2, 0.25) is 0 Å². The van der Waals surface area contributed by atoms with Crippen molar-refractivity contribution in [2.24, 2.45) is 0 Å². The molecule has 0 aromatic carbocycles.